The van der Waals surface area contributed by atoms with Crippen LogP contribution in [0.15, 0.2) is 41.8 Å². The van der Waals surface area contributed by atoms with Gasteiger partial charge in [0.05, 0.1) is 6.04 Å². The van der Waals surface area contributed by atoms with Crippen molar-refractivity contribution in [3.05, 3.63) is 57.2 Å². The number of carbonyl (C=O) groups is 1. The lowest BCUT2D eigenvalue weighted by Crippen LogP contribution is -2.52. The predicted octanol–water partition coefficient (Wildman–Crippen LogP) is 3.90. The van der Waals surface area contributed by atoms with Gasteiger partial charge in [-0.1, -0.05) is 30.7 Å². The predicted molar refractivity (Wildman–Crippen MR) is 109 cm³/mol. The highest BCUT2D eigenvalue weighted by Crippen LogP contribution is 2.29. The smallest absolute Gasteiger partial charge is 0.251 e. The average Bonchev–Trinajstić information content (AvgIpc) is 3.16. The number of likely N-dealkylation sites (N-methyl/N-ethyl adjacent to an activating group) is 1. The summed E-state index contributed by atoms with van der Waals surface area (Å²) in [6, 6.07) is 11.6. The van der Waals surface area contributed by atoms with Crippen molar-refractivity contribution < 1.29 is 4.79 Å². The molecule has 0 aliphatic carbocycles. The first-order chi connectivity index (χ1) is 12.6. The zero-order valence-electron chi connectivity index (χ0n) is 15.3. The van der Waals surface area contributed by atoms with Crippen LogP contribution in [0.2, 0.25) is 5.02 Å². The minimum atomic E-state index is -0.0752. The van der Waals surface area contributed by atoms with E-state index in [2.05, 4.69) is 46.5 Å². The number of halogens is 1. The average molecular weight is 392 g/mol. The Kier molecular flexibility index (Phi) is 6.70. The second-order valence-corrected chi connectivity index (χ2v) is 8.12. The van der Waals surface area contributed by atoms with Crippen molar-refractivity contribution in [3.63, 3.8) is 0 Å². The highest BCUT2D eigenvalue weighted by molar-refractivity contribution is 7.10. The van der Waals surface area contributed by atoms with Crippen molar-refractivity contribution in [3.8, 4) is 0 Å². The molecular formula is C20H26ClN3OS. The molecule has 1 amide bonds. The lowest BCUT2D eigenvalue weighted by molar-refractivity contribution is 0.0753. The Morgan fingerprint density at radius 2 is 2.00 bits per heavy atom. The molecule has 140 valence electrons. The number of amides is 1. The minimum absolute atomic E-state index is 0.00769. The molecule has 1 fully saturated rings. The molecule has 2 heterocycles. The third-order valence-electron chi connectivity index (χ3n) is 5.00. The van der Waals surface area contributed by atoms with E-state index in [4.69, 9.17) is 11.6 Å². The minimum Gasteiger partial charge on any atom is -0.348 e. The van der Waals surface area contributed by atoms with Crippen LogP contribution in [0.4, 0.5) is 0 Å². The molecule has 0 bridgehead atoms. The molecule has 2 aromatic rings. The summed E-state index contributed by atoms with van der Waals surface area (Å²) in [6.45, 7) is 9.60. The number of benzene rings is 1. The van der Waals surface area contributed by atoms with E-state index in [0.29, 0.717) is 10.6 Å². The maximum absolute atomic E-state index is 12.7. The maximum atomic E-state index is 12.7. The van der Waals surface area contributed by atoms with Crippen molar-refractivity contribution in [2.24, 2.45) is 0 Å². The van der Waals surface area contributed by atoms with E-state index in [9.17, 15) is 4.79 Å². The zero-order valence-corrected chi connectivity index (χ0v) is 16.9. The molecule has 3 rings (SSSR count). The summed E-state index contributed by atoms with van der Waals surface area (Å²) in [5, 5.41) is 5.87. The van der Waals surface area contributed by atoms with Crippen LogP contribution in [-0.4, -0.2) is 54.5 Å². The van der Waals surface area contributed by atoms with Crippen LogP contribution in [-0.2, 0) is 0 Å². The first-order valence-electron chi connectivity index (χ1n) is 9.14. The van der Waals surface area contributed by atoms with Gasteiger partial charge in [0.2, 0.25) is 0 Å². The molecule has 1 aromatic carbocycles. The van der Waals surface area contributed by atoms with E-state index in [1.54, 1.807) is 29.5 Å². The van der Waals surface area contributed by atoms with Crippen molar-refractivity contribution in [1.82, 2.24) is 15.1 Å². The van der Waals surface area contributed by atoms with Gasteiger partial charge in [0.1, 0.15) is 0 Å². The molecule has 6 heteroatoms. The molecular weight excluding hydrogens is 366 g/mol. The fraction of sp³-hybridized carbons (Fsp3) is 0.450. The van der Waals surface area contributed by atoms with Gasteiger partial charge in [0, 0.05) is 47.7 Å². The molecule has 1 aliphatic heterocycles. The first-order valence-corrected chi connectivity index (χ1v) is 10.4. The van der Waals surface area contributed by atoms with Gasteiger partial charge in [-0.2, -0.15) is 0 Å². The van der Waals surface area contributed by atoms with Gasteiger partial charge in [-0.3, -0.25) is 9.69 Å². The molecule has 2 unspecified atom stereocenters. The Morgan fingerprint density at radius 1 is 1.23 bits per heavy atom. The van der Waals surface area contributed by atoms with E-state index in [1.807, 2.05) is 6.07 Å². The van der Waals surface area contributed by atoms with E-state index in [-0.39, 0.29) is 18.0 Å². The van der Waals surface area contributed by atoms with Crippen LogP contribution in [0.5, 0.6) is 0 Å². The van der Waals surface area contributed by atoms with Gasteiger partial charge in [0.25, 0.3) is 5.91 Å². The van der Waals surface area contributed by atoms with Crippen LogP contribution in [0.3, 0.4) is 0 Å². The van der Waals surface area contributed by atoms with Crippen molar-refractivity contribution in [2.45, 2.75) is 25.9 Å². The second kappa shape index (κ2) is 9.00. The van der Waals surface area contributed by atoms with Crippen LogP contribution in [0.25, 0.3) is 0 Å². The molecule has 2 atom stereocenters. The third kappa shape index (κ3) is 4.65. The van der Waals surface area contributed by atoms with Gasteiger partial charge in [-0.25, -0.2) is 0 Å². The number of piperazine rings is 1. The lowest BCUT2D eigenvalue weighted by Gasteiger charge is -2.41. The summed E-state index contributed by atoms with van der Waals surface area (Å²) in [7, 11) is 0. The number of nitrogens with one attached hydrogen (secondary N) is 1. The molecule has 1 saturated heterocycles. The molecule has 0 spiro atoms. The Balaban J connectivity index is 1.73. The molecule has 26 heavy (non-hydrogen) atoms. The number of hydrogen-bond acceptors (Lipinski definition) is 4. The Bertz CT molecular complexity index is 714. The standard InChI is InChI=1S/C20H26ClN3OS/c1-3-23-9-11-24(12-10-23)19(18-8-5-13-26-18)15(2)22-20(25)16-6-4-7-17(21)14-16/h4-8,13-15,19H,3,9-12H2,1-2H3,(H,22,25). The SMILES string of the molecule is CCN1CCN(C(c2cccs2)C(C)NC(=O)c2cccc(Cl)c2)CC1. The molecule has 4 nitrogen and oxygen atoms in total. The molecule has 0 radical (unpaired) electrons. The number of rotatable bonds is 6. The van der Waals surface area contributed by atoms with Crippen LogP contribution in [0, 0.1) is 0 Å². The van der Waals surface area contributed by atoms with E-state index >= 15 is 0 Å². The summed E-state index contributed by atoms with van der Waals surface area (Å²) in [5.41, 5.74) is 0.602. The summed E-state index contributed by atoms with van der Waals surface area (Å²) < 4.78 is 0. The summed E-state index contributed by atoms with van der Waals surface area (Å²) >= 11 is 7.78. The van der Waals surface area contributed by atoms with E-state index < -0.39 is 0 Å². The summed E-state index contributed by atoms with van der Waals surface area (Å²) in [6.07, 6.45) is 0. The van der Waals surface area contributed by atoms with Crippen molar-refractivity contribution in [2.75, 3.05) is 32.7 Å². The van der Waals surface area contributed by atoms with Gasteiger partial charge >= 0.3 is 0 Å². The fourth-order valence-electron chi connectivity index (χ4n) is 3.56. The molecule has 1 aliphatic rings. The Labute approximate surface area is 164 Å². The van der Waals surface area contributed by atoms with Gasteiger partial charge < -0.3 is 10.2 Å². The van der Waals surface area contributed by atoms with Crippen LogP contribution < -0.4 is 5.32 Å². The number of hydrogen-bond donors (Lipinski definition) is 1. The molecule has 1 aromatic heterocycles. The van der Waals surface area contributed by atoms with E-state index in [0.717, 1.165) is 32.7 Å². The monoisotopic (exact) mass is 391 g/mol. The summed E-state index contributed by atoms with van der Waals surface area (Å²) in [5.74, 6) is -0.0752. The van der Waals surface area contributed by atoms with Crippen LogP contribution >= 0.6 is 22.9 Å². The lowest BCUT2D eigenvalue weighted by atomic mass is 10.0. The highest BCUT2D eigenvalue weighted by Gasteiger charge is 2.30. The van der Waals surface area contributed by atoms with Crippen molar-refractivity contribution in [1.29, 1.82) is 0 Å². The maximum Gasteiger partial charge on any atom is 0.251 e. The van der Waals surface area contributed by atoms with E-state index in [1.165, 1.54) is 4.88 Å². The highest BCUT2D eigenvalue weighted by atomic mass is 35.5. The van der Waals surface area contributed by atoms with Crippen LogP contribution in [0.1, 0.15) is 35.1 Å². The number of nitrogens with zero attached hydrogens (tertiary/aromatic N) is 2. The number of thiophene rings is 1. The third-order valence-corrected chi connectivity index (χ3v) is 6.18. The fourth-order valence-corrected chi connectivity index (χ4v) is 4.71. The topological polar surface area (TPSA) is 35.6 Å². The largest absolute Gasteiger partial charge is 0.348 e. The Morgan fingerprint density at radius 3 is 2.62 bits per heavy atom. The second-order valence-electron chi connectivity index (χ2n) is 6.70. The normalized spacial score (nSPS) is 18.4. The van der Waals surface area contributed by atoms with Gasteiger partial charge in [-0.15, -0.1) is 11.3 Å². The number of carbonyl (C=O) groups excluding carboxylic acids is 1. The molecule has 1 N–H and O–H groups in total. The Hall–Kier alpha value is -1.40. The van der Waals surface area contributed by atoms with Crippen molar-refractivity contribution >= 4 is 28.8 Å². The quantitative estimate of drug-likeness (QED) is 0.811. The summed E-state index contributed by atoms with van der Waals surface area (Å²) in [4.78, 5) is 18.9. The molecule has 0 saturated carbocycles. The van der Waals surface area contributed by atoms with Gasteiger partial charge in [0.15, 0.2) is 0 Å². The first kappa shape index (κ1) is 19.4. The van der Waals surface area contributed by atoms with Gasteiger partial charge in [-0.05, 0) is 43.1 Å². The zero-order chi connectivity index (χ0) is 18.5.